The van der Waals surface area contributed by atoms with Crippen LogP contribution in [-0.2, 0) is 4.74 Å². The van der Waals surface area contributed by atoms with Gasteiger partial charge in [-0.05, 0) is 30.5 Å². The predicted octanol–water partition coefficient (Wildman–Crippen LogP) is 1.75. The van der Waals surface area contributed by atoms with Crippen molar-refractivity contribution in [1.29, 1.82) is 0 Å². The quantitative estimate of drug-likeness (QED) is 0.603. The minimum absolute atomic E-state index is 0.216. The van der Waals surface area contributed by atoms with E-state index in [9.17, 15) is 0 Å². The Morgan fingerprint density at radius 3 is 2.44 bits per heavy atom. The highest BCUT2D eigenvalue weighted by Crippen LogP contribution is 2.32. The summed E-state index contributed by atoms with van der Waals surface area (Å²) in [5.41, 5.74) is 1.21. The van der Waals surface area contributed by atoms with Crippen LogP contribution in [0.3, 0.4) is 0 Å². The highest BCUT2D eigenvalue weighted by Gasteiger charge is 2.25. The monoisotopic (exact) mass is 376 g/mol. The van der Waals surface area contributed by atoms with Crippen LogP contribution in [0, 0.1) is 0 Å². The number of hydrogen-bond donors (Lipinski definition) is 1. The Kier molecular flexibility index (Phi) is 7.18. The molecule has 2 saturated heterocycles. The molecule has 2 fully saturated rings. The summed E-state index contributed by atoms with van der Waals surface area (Å²) >= 11 is 0. The molecule has 1 atom stereocenters. The lowest BCUT2D eigenvalue weighted by molar-refractivity contribution is 0.0168. The molecule has 1 aromatic rings. The number of likely N-dealkylation sites (tertiary alicyclic amines) is 1. The van der Waals surface area contributed by atoms with Crippen LogP contribution in [0.5, 0.6) is 11.5 Å². The number of hydrogen-bond acceptors (Lipinski definition) is 5. The average Bonchev–Trinajstić information content (AvgIpc) is 3.26. The maximum Gasteiger partial charge on any atom is 0.193 e. The van der Waals surface area contributed by atoms with Gasteiger partial charge in [0.25, 0.3) is 0 Å². The number of rotatable bonds is 6. The van der Waals surface area contributed by atoms with Crippen molar-refractivity contribution < 1.29 is 14.2 Å². The lowest BCUT2D eigenvalue weighted by Gasteiger charge is -2.36. The Hall–Kier alpha value is -1.99. The van der Waals surface area contributed by atoms with E-state index >= 15 is 0 Å². The Morgan fingerprint density at radius 1 is 1.11 bits per heavy atom. The Balaban J connectivity index is 1.78. The number of aliphatic imine (C=N–C) groups is 1. The van der Waals surface area contributed by atoms with E-state index < -0.39 is 0 Å². The van der Waals surface area contributed by atoms with E-state index in [2.05, 4.69) is 32.2 Å². The molecule has 0 bridgehead atoms. The van der Waals surface area contributed by atoms with Gasteiger partial charge in [0.15, 0.2) is 17.5 Å². The van der Waals surface area contributed by atoms with Gasteiger partial charge in [-0.1, -0.05) is 6.07 Å². The summed E-state index contributed by atoms with van der Waals surface area (Å²) in [5, 5.41) is 3.59. The molecule has 27 heavy (non-hydrogen) atoms. The van der Waals surface area contributed by atoms with Crippen LogP contribution in [0.1, 0.15) is 24.4 Å². The van der Waals surface area contributed by atoms with Crippen LogP contribution in [0.4, 0.5) is 0 Å². The van der Waals surface area contributed by atoms with Gasteiger partial charge in [0.1, 0.15) is 0 Å². The smallest absolute Gasteiger partial charge is 0.193 e. The van der Waals surface area contributed by atoms with Crippen LogP contribution in [0.25, 0.3) is 0 Å². The fourth-order valence-electron chi connectivity index (χ4n) is 3.86. The first-order valence-electron chi connectivity index (χ1n) is 9.76. The molecule has 7 nitrogen and oxygen atoms in total. The molecule has 1 aromatic carbocycles. The van der Waals surface area contributed by atoms with Crippen molar-refractivity contribution in [2.75, 3.05) is 67.2 Å². The first kappa shape index (κ1) is 19.8. The number of ether oxygens (including phenoxy) is 3. The third kappa shape index (κ3) is 4.84. The summed E-state index contributed by atoms with van der Waals surface area (Å²) in [4.78, 5) is 9.29. The zero-order chi connectivity index (χ0) is 19.1. The van der Waals surface area contributed by atoms with Crippen LogP contribution in [-0.4, -0.2) is 83.0 Å². The van der Waals surface area contributed by atoms with Gasteiger partial charge >= 0.3 is 0 Å². The SMILES string of the molecule is CN=C(NCC(c1ccc(OC)c(OC)c1)N1CCOCC1)N1CCCC1. The molecular weight excluding hydrogens is 344 g/mol. The van der Waals surface area contributed by atoms with E-state index in [1.165, 1.54) is 18.4 Å². The molecule has 150 valence electrons. The zero-order valence-electron chi connectivity index (χ0n) is 16.7. The van der Waals surface area contributed by atoms with Gasteiger partial charge in [-0.2, -0.15) is 0 Å². The van der Waals surface area contributed by atoms with Crippen LogP contribution in [0.2, 0.25) is 0 Å². The number of guanidine groups is 1. The van der Waals surface area contributed by atoms with Crippen LogP contribution in [0.15, 0.2) is 23.2 Å². The highest BCUT2D eigenvalue weighted by molar-refractivity contribution is 5.80. The van der Waals surface area contributed by atoms with Crippen molar-refractivity contribution in [3.63, 3.8) is 0 Å². The maximum absolute atomic E-state index is 5.56. The van der Waals surface area contributed by atoms with E-state index in [1.807, 2.05) is 13.1 Å². The minimum atomic E-state index is 0.216. The molecular formula is C20H32N4O3. The molecule has 0 saturated carbocycles. The predicted molar refractivity (Wildman–Crippen MR) is 107 cm³/mol. The lowest BCUT2D eigenvalue weighted by atomic mass is 10.0. The van der Waals surface area contributed by atoms with Gasteiger partial charge in [0, 0.05) is 39.8 Å². The fraction of sp³-hybridized carbons (Fsp3) is 0.650. The standard InChI is InChI=1S/C20H32N4O3/c1-21-20(24-8-4-5-9-24)22-15-17(23-10-12-27-13-11-23)16-6-7-18(25-2)19(14-16)26-3/h6-7,14,17H,4-5,8-13,15H2,1-3H3,(H,21,22). The number of morpholine rings is 1. The Labute approximate surface area is 162 Å². The van der Waals surface area contributed by atoms with Crippen molar-refractivity contribution in [2.24, 2.45) is 4.99 Å². The molecule has 0 spiro atoms. The highest BCUT2D eigenvalue weighted by atomic mass is 16.5. The molecule has 2 heterocycles. The van der Waals surface area contributed by atoms with Gasteiger partial charge in [-0.15, -0.1) is 0 Å². The van der Waals surface area contributed by atoms with Gasteiger partial charge in [0.2, 0.25) is 0 Å². The summed E-state index contributed by atoms with van der Waals surface area (Å²) in [5.74, 6) is 2.51. The van der Waals surface area contributed by atoms with Gasteiger partial charge in [-0.3, -0.25) is 9.89 Å². The van der Waals surface area contributed by atoms with E-state index in [0.717, 1.165) is 63.4 Å². The van der Waals surface area contributed by atoms with Crippen molar-refractivity contribution in [1.82, 2.24) is 15.1 Å². The molecule has 2 aliphatic rings. The molecule has 1 unspecified atom stereocenters. The van der Waals surface area contributed by atoms with E-state index in [4.69, 9.17) is 14.2 Å². The summed E-state index contributed by atoms with van der Waals surface area (Å²) < 4.78 is 16.5. The van der Waals surface area contributed by atoms with E-state index in [0.29, 0.717) is 0 Å². The second-order valence-corrected chi connectivity index (χ2v) is 6.90. The van der Waals surface area contributed by atoms with Gasteiger partial charge in [-0.25, -0.2) is 0 Å². The van der Waals surface area contributed by atoms with Crippen molar-refractivity contribution in [3.05, 3.63) is 23.8 Å². The van der Waals surface area contributed by atoms with Crippen LogP contribution >= 0.6 is 0 Å². The van der Waals surface area contributed by atoms with Crippen molar-refractivity contribution in [3.8, 4) is 11.5 Å². The summed E-state index contributed by atoms with van der Waals surface area (Å²) in [6.45, 7) is 6.33. The minimum Gasteiger partial charge on any atom is -0.493 e. The van der Waals surface area contributed by atoms with E-state index in [-0.39, 0.29) is 6.04 Å². The van der Waals surface area contributed by atoms with Gasteiger partial charge in [0.05, 0.1) is 33.5 Å². The molecule has 0 aromatic heterocycles. The van der Waals surface area contributed by atoms with Crippen LogP contribution < -0.4 is 14.8 Å². The third-order valence-corrected chi connectivity index (χ3v) is 5.35. The zero-order valence-corrected chi connectivity index (χ0v) is 16.7. The van der Waals surface area contributed by atoms with Crippen molar-refractivity contribution in [2.45, 2.75) is 18.9 Å². The summed E-state index contributed by atoms with van der Waals surface area (Å²) in [6.07, 6.45) is 2.48. The maximum atomic E-state index is 5.56. The first-order valence-corrected chi connectivity index (χ1v) is 9.76. The molecule has 2 aliphatic heterocycles. The second-order valence-electron chi connectivity index (χ2n) is 6.90. The average molecular weight is 377 g/mol. The van der Waals surface area contributed by atoms with E-state index in [1.54, 1.807) is 14.2 Å². The summed E-state index contributed by atoms with van der Waals surface area (Å²) in [7, 11) is 5.21. The fourth-order valence-corrected chi connectivity index (χ4v) is 3.86. The normalized spacial score (nSPS) is 19.8. The molecule has 0 amide bonds. The van der Waals surface area contributed by atoms with Crippen molar-refractivity contribution >= 4 is 5.96 Å². The molecule has 0 radical (unpaired) electrons. The molecule has 0 aliphatic carbocycles. The second kappa shape index (κ2) is 9.80. The molecule has 3 rings (SSSR count). The Bertz CT molecular complexity index is 626. The Morgan fingerprint density at radius 2 is 1.81 bits per heavy atom. The molecule has 7 heteroatoms. The summed E-state index contributed by atoms with van der Waals surface area (Å²) in [6, 6.07) is 6.41. The largest absolute Gasteiger partial charge is 0.493 e. The lowest BCUT2D eigenvalue weighted by Crippen LogP contribution is -2.47. The first-order chi connectivity index (χ1) is 13.3. The van der Waals surface area contributed by atoms with Gasteiger partial charge < -0.3 is 24.4 Å². The number of benzene rings is 1. The number of nitrogens with zero attached hydrogens (tertiary/aromatic N) is 3. The third-order valence-electron chi connectivity index (χ3n) is 5.35. The number of methoxy groups -OCH3 is 2. The molecule has 1 N–H and O–H groups in total. The topological polar surface area (TPSA) is 58.6 Å². The number of nitrogens with one attached hydrogen (secondary N) is 1.